The molecule has 2 aromatic rings. The van der Waals surface area contributed by atoms with Gasteiger partial charge in [0, 0.05) is 32.1 Å². The number of Topliss-reactive ketones (excluding diaryl/α,β-unsaturated/α-hetero) is 1. The Balaban J connectivity index is 2.29. The molecule has 5 heteroatoms. The Morgan fingerprint density at radius 1 is 1.39 bits per heavy atom. The fraction of sp³-hybridized carbons (Fsp3) is 0.231. The fourth-order valence-corrected chi connectivity index (χ4v) is 3.10. The molecule has 0 saturated heterocycles. The van der Waals surface area contributed by atoms with Crippen molar-refractivity contribution in [2.75, 3.05) is 0 Å². The summed E-state index contributed by atoms with van der Waals surface area (Å²) < 4.78 is 2.20. The Morgan fingerprint density at radius 2 is 2.11 bits per heavy atom. The topological polar surface area (TPSA) is 39.1 Å². The third-order valence-corrected chi connectivity index (χ3v) is 4.04. The number of aryl methyl sites for hydroxylation is 2. The van der Waals surface area contributed by atoms with Crippen molar-refractivity contribution >= 4 is 33.0 Å². The van der Waals surface area contributed by atoms with Crippen molar-refractivity contribution in [3.63, 3.8) is 0 Å². The number of pyridine rings is 1. The first-order valence-corrected chi connectivity index (χ1v) is 7.04. The highest BCUT2D eigenvalue weighted by molar-refractivity contribution is 9.10. The molecule has 0 N–H and O–H groups in total. The monoisotopic (exact) mass is 325 g/mol. The molecule has 0 atom stereocenters. The minimum Gasteiger partial charge on any atom is -0.307 e. The molecule has 2 rings (SSSR count). The van der Waals surface area contributed by atoms with Crippen LogP contribution in [-0.2, 0) is 6.54 Å². The Kier molecular flexibility index (Phi) is 3.82. The summed E-state index contributed by atoms with van der Waals surface area (Å²) in [5.74, 6) is -0.0305. The smallest absolute Gasteiger partial charge is 0.251 e. The Bertz CT molecular complexity index is 657. The highest BCUT2D eigenvalue weighted by Gasteiger charge is 2.13. The summed E-state index contributed by atoms with van der Waals surface area (Å²) in [4.78, 5) is 25.9. The second-order valence-electron chi connectivity index (χ2n) is 4.06. The van der Waals surface area contributed by atoms with Crippen molar-refractivity contribution in [2.24, 2.45) is 0 Å². The molecule has 0 amide bonds. The molecule has 0 unspecified atom stereocenters. The van der Waals surface area contributed by atoms with E-state index >= 15 is 0 Å². The van der Waals surface area contributed by atoms with Crippen LogP contribution in [-0.4, -0.2) is 10.4 Å². The van der Waals surface area contributed by atoms with Crippen LogP contribution in [0.3, 0.4) is 0 Å². The minimum atomic E-state index is -0.170. The molecule has 0 aliphatic heterocycles. The molecule has 0 aliphatic carbocycles. The molecule has 0 saturated carbocycles. The number of hydrogen-bond acceptors (Lipinski definition) is 3. The van der Waals surface area contributed by atoms with Crippen LogP contribution < -0.4 is 5.56 Å². The molecule has 94 valence electrons. The molecule has 2 aromatic heterocycles. The third-order valence-electron chi connectivity index (χ3n) is 2.60. The number of carbonyl (C=O) groups is 1. The van der Waals surface area contributed by atoms with Gasteiger partial charge in [0.05, 0.1) is 6.54 Å². The first-order valence-electron chi connectivity index (χ1n) is 5.43. The van der Waals surface area contributed by atoms with E-state index in [2.05, 4.69) is 15.9 Å². The fourth-order valence-electron chi connectivity index (χ4n) is 1.77. The van der Waals surface area contributed by atoms with Crippen LogP contribution in [0.25, 0.3) is 0 Å². The first kappa shape index (κ1) is 13.2. The lowest BCUT2D eigenvalue weighted by Crippen LogP contribution is -2.23. The molecule has 2 heterocycles. The number of carbonyl (C=O) groups excluding carboxylic acids is 1. The summed E-state index contributed by atoms with van der Waals surface area (Å²) in [7, 11) is 0. The molecule has 0 spiro atoms. The SMILES string of the molecule is Cc1cc(C(=O)Cn2cc(Br)ccc2=O)c(C)s1. The summed E-state index contributed by atoms with van der Waals surface area (Å²) >= 11 is 4.89. The van der Waals surface area contributed by atoms with Gasteiger partial charge in [-0.15, -0.1) is 11.3 Å². The summed E-state index contributed by atoms with van der Waals surface area (Å²) in [6.45, 7) is 3.98. The predicted octanol–water partition coefficient (Wildman–Crippen LogP) is 3.17. The highest BCUT2D eigenvalue weighted by Crippen LogP contribution is 2.21. The minimum absolute atomic E-state index is 0.0305. The molecule has 0 fully saturated rings. The quantitative estimate of drug-likeness (QED) is 0.813. The molecule has 18 heavy (non-hydrogen) atoms. The van der Waals surface area contributed by atoms with Gasteiger partial charge in [0.25, 0.3) is 5.56 Å². The Morgan fingerprint density at radius 3 is 2.72 bits per heavy atom. The lowest BCUT2D eigenvalue weighted by Gasteiger charge is -2.04. The lowest BCUT2D eigenvalue weighted by molar-refractivity contribution is 0.0970. The maximum Gasteiger partial charge on any atom is 0.251 e. The number of hydrogen-bond donors (Lipinski definition) is 0. The largest absolute Gasteiger partial charge is 0.307 e. The van der Waals surface area contributed by atoms with Gasteiger partial charge in [-0.3, -0.25) is 9.59 Å². The van der Waals surface area contributed by atoms with Gasteiger partial charge < -0.3 is 4.57 Å². The van der Waals surface area contributed by atoms with Crippen LogP contribution in [0.1, 0.15) is 20.1 Å². The van der Waals surface area contributed by atoms with Gasteiger partial charge in [0.2, 0.25) is 0 Å². The van der Waals surface area contributed by atoms with E-state index in [-0.39, 0.29) is 17.9 Å². The van der Waals surface area contributed by atoms with Gasteiger partial charge in [-0.2, -0.15) is 0 Å². The average Bonchev–Trinajstić information content (AvgIpc) is 2.63. The van der Waals surface area contributed by atoms with Crippen molar-refractivity contribution in [2.45, 2.75) is 20.4 Å². The van der Waals surface area contributed by atoms with E-state index in [9.17, 15) is 9.59 Å². The van der Waals surface area contributed by atoms with Gasteiger partial charge in [-0.1, -0.05) is 0 Å². The maximum absolute atomic E-state index is 12.1. The average molecular weight is 326 g/mol. The predicted molar refractivity (Wildman–Crippen MR) is 76.5 cm³/mol. The van der Waals surface area contributed by atoms with Crippen molar-refractivity contribution in [3.05, 3.63) is 54.5 Å². The van der Waals surface area contributed by atoms with Crippen molar-refractivity contribution in [1.82, 2.24) is 4.57 Å². The van der Waals surface area contributed by atoms with Gasteiger partial charge >= 0.3 is 0 Å². The molecule has 0 aromatic carbocycles. The number of halogens is 1. The Hall–Kier alpha value is -1.20. The van der Waals surface area contributed by atoms with Crippen LogP contribution in [0, 0.1) is 13.8 Å². The molecule has 0 bridgehead atoms. The van der Waals surface area contributed by atoms with Crippen LogP contribution in [0.2, 0.25) is 0 Å². The van der Waals surface area contributed by atoms with Gasteiger partial charge in [-0.25, -0.2) is 0 Å². The number of aromatic nitrogens is 1. The Labute approximate surface area is 117 Å². The molecular formula is C13H12BrNO2S. The first-order chi connectivity index (χ1) is 8.47. The molecule has 3 nitrogen and oxygen atoms in total. The highest BCUT2D eigenvalue weighted by atomic mass is 79.9. The van der Waals surface area contributed by atoms with E-state index in [1.54, 1.807) is 23.6 Å². The van der Waals surface area contributed by atoms with Crippen LogP contribution in [0.4, 0.5) is 0 Å². The number of thiophene rings is 1. The van der Waals surface area contributed by atoms with E-state index in [0.717, 1.165) is 14.2 Å². The van der Waals surface area contributed by atoms with E-state index in [1.807, 2.05) is 19.9 Å². The van der Waals surface area contributed by atoms with Gasteiger partial charge in [0.15, 0.2) is 5.78 Å². The van der Waals surface area contributed by atoms with Crippen LogP contribution in [0.15, 0.2) is 33.7 Å². The van der Waals surface area contributed by atoms with Crippen molar-refractivity contribution in [3.8, 4) is 0 Å². The van der Waals surface area contributed by atoms with E-state index in [1.165, 1.54) is 10.6 Å². The second kappa shape index (κ2) is 5.20. The zero-order valence-corrected chi connectivity index (χ0v) is 12.5. The van der Waals surface area contributed by atoms with Gasteiger partial charge in [0.1, 0.15) is 0 Å². The van der Waals surface area contributed by atoms with E-state index < -0.39 is 0 Å². The zero-order valence-electron chi connectivity index (χ0n) is 10.1. The number of rotatable bonds is 3. The van der Waals surface area contributed by atoms with E-state index in [0.29, 0.717) is 5.56 Å². The summed E-state index contributed by atoms with van der Waals surface area (Å²) in [6.07, 6.45) is 1.63. The summed E-state index contributed by atoms with van der Waals surface area (Å²) in [6, 6.07) is 5.00. The normalized spacial score (nSPS) is 10.6. The number of ketones is 1. The second-order valence-corrected chi connectivity index (χ2v) is 6.44. The molecular weight excluding hydrogens is 314 g/mol. The summed E-state index contributed by atoms with van der Waals surface area (Å²) in [5, 5.41) is 0. The van der Waals surface area contributed by atoms with E-state index in [4.69, 9.17) is 0 Å². The summed E-state index contributed by atoms with van der Waals surface area (Å²) in [5.41, 5.74) is 0.542. The molecule has 0 radical (unpaired) electrons. The van der Waals surface area contributed by atoms with Crippen molar-refractivity contribution < 1.29 is 4.79 Å². The number of nitrogens with zero attached hydrogens (tertiary/aromatic N) is 1. The van der Waals surface area contributed by atoms with Crippen molar-refractivity contribution in [1.29, 1.82) is 0 Å². The zero-order chi connectivity index (χ0) is 13.3. The van der Waals surface area contributed by atoms with Crippen LogP contribution in [0.5, 0.6) is 0 Å². The third kappa shape index (κ3) is 2.79. The van der Waals surface area contributed by atoms with Crippen LogP contribution >= 0.6 is 27.3 Å². The maximum atomic E-state index is 12.1. The molecule has 0 aliphatic rings. The van der Waals surface area contributed by atoms with Gasteiger partial charge in [-0.05, 0) is 41.9 Å². The lowest BCUT2D eigenvalue weighted by atomic mass is 10.1. The standard InChI is InChI=1S/C13H12BrNO2S/c1-8-5-11(9(2)18-8)12(16)7-15-6-10(14)3-4-13(15)17/h3-6H,7H2,1-2H3.